The zero-order valence-electron chi connectivity index (χ0n) is 16.3. The molecular weight excluding hydrogens is 340 g/mol. The van der Waals surface area contributed by atoms with E-state index in [-0.39, 0.29) is 0 Å². The van der Waals surface area contributed by atoms with E-state index in [2.05, 4.69) is 46.6 Å². The molecule has 0 unspecified atom stereocenters. The molecule has 2 N–H and O–H groups in total. The quantitative estimate of drug-likeness (QED) is 0.535. The van der Waals surface area contributed by atoms with Gasteiger partial charge in [-0.15, -0.1) is 0 Å². The predicted octanol–water partition coefficient (Wildman–Crippen LogP) is 3.60. The van der Waals surface area contributed by atoms with Crippen LogP contribution in [0.25, 0.3) is 11.5 Å². The molecule has 0 aliphatic rings. The molecule has 0 spiro atoms. The average molecular weight is 368 g/mol. The van der Waals surface area contributed by atoms with Crippen molar-refractivity contribution in [2.75, 3.05) is 27.2 Å². The van der Waals surface area contributed by atoms with Crippen LogP contribution in [0.1, 0.15) is 23.3 Å². The highest BCUT2D eigenvalue weighted by Crippen LogP contribution is 2.23. The van der Waals surface area contributed by atoms with Crippen LogP contribution in [-0.2, 0) is 13.1 Å². The van der Waals surface area contributed by atoms with Crippen molar-refractivity contribution in [1.82, 2.24) is 20.4 Å². The number of nitrogens with one attached hydrogen (secondary N) is 2. The Bertz CT molecular complexity index is 821. The molecule has 0 aliphatic heterocycles. The third-order valence-corrected chi connectivity index (χ3v) is 4.29. The van der Waals surface area contributed by atoms with E-state index >= 15 is 0 Å². The number of aromatic amines is 1. The SMILES string of the molecule is Cc1ccc(-c2[nH]ncc2CNCc2ccc(OCCCN(C)C)cc2)o1. The van der Waals surface area contributed by atoms with Crippen molar-refractivity contribution in [2.24, 2.45) is 0 Å². The van der Waals surface area contributed by atoms with Crippen molar-refractivity contribution in [3.8, 4) is 17.2 Å². The van der Waals surface area contributed by atoms with Gasteiger partial charge in [-0.3, -0.25) is 5.10 Å². The molecule has 0 radical (unpaired) electrons. The normalized spacial score (nSPS) is 11.3. The Labute approximate surface area is 160 Å². The number of hydrogen-bond acceptors (Lipinski definition) is 5. The summed E-state index contributed by atoms with van der Waals surface area (Å²) < 4.78 is 11.5. The van der Waals surface area contributed by atoms with Gasteiger partial charge >= 0.3 is 0 Å². The molecule has 6 heteroatoms. The Kier molecular flexibility index (Phi) is 6.68. The van der Waals surface area contributed by atoms with E-state index in [0.717, 1.165) is 54.6 Å². The molecule has 6 nitrogen and oxygen atoms in total. The number of furan rings is 1. The van der Waals surface area contributed by atoms with Crippen LogP contribution in [0.3, 0.4) is 0 Å². The minimum Gasteiger partial charge on any atom is -0.494 e. The molecule has 0 bridgehead atoms. The summed E-state index contributed by atoms with van der Waals surface area (Å²) in [6.45, 7) is 5.21. The molecule has 0 aliphatic carbocycles. The van der Waals surface area contributed by atoms with Crippen LogP contribution in [0.5, 0.6) is 5.75 Å². The monoisotopic (exact) mass is 368 g/mol. The first-order valence-corrected chi connectivity index (χ1v) is 9.28. The Morgan fingerprint density at radius 2 is 1.93 bits per heavy atom. The fraction of sp³-hybridized carbons (Fsp3) is 0.381. The summed E-state index contributed by atoms with van der Waals surface area (Å²) in [4.78, 5) is 2.16. The molecule has 144 valence electrons. The van der Waals surface area contributed by atoms with Gasteiger partial charge in [-0.2, -0.15) is 5.10 Å². The van der Waals surface area contributed by atoms with Crippen molar-refractivity contribution in [2.45, 2.75) is 26.4 Å². The Morgan fingerprint density at radius 3 is 2.63 bits per heavy atom. The molecule has 0 saturated heterocycles. The van der Waals surface area contributed by atoms with Gasteiger partial charge in [-0.25, -0.2) is 0 Å². The highest BCUT2D eigenvalue weighted by Gasteiger charge is 2.10. The second-order valence-corrected chi connectivity index (χ2v) is 6.93. The number of aryl methyl sites for hydroxylation is 1. The zero-order chi connectivity index (χ0) is 19.1. The lowest BCUT2D eigenvalue weighted by Gasteiger charge is -2.11. The van der Waals surface area contributed by atoms with E-state index in [0.29, 0.717) is 6.54 Å². The smallest absolute Gasteiger partial charge is 0.152 e. The lowest BCUT2D eigenvalue weighted by molar-refractivity contribution is 0.281. The molecule has 2 heterocycles. The highest BCUT2D eigenvalue weighted by molar-refractivity contribution is 5.56. The van der Waals surface area contributed by atoms with Crippen molar-refractivity contribution in [1.29, 1.82) is 0 Å². The van der Waals surface area contributed by atoms with Crippen LogP contribution in [-0.4, -0.2) is 42.3 Å². The van der Waals surface area contributed by atoms with Gasteiger partial charge in [0, 0.05) is 25.2 Å². The Balaban J connectivity index is 1.45. The van der Waals surface area contributed by atoms with Crippen LogP contribution in [0.4, 0.5) is 0 Å². The zero-order valence-corrected chi connectivity index (χ0v) is 16.3. The standard InChI is InChI=1S/C21H28N4O2/c1-16-5-10-20(27-16)21-18(15-23-24-21)14-22-13-17-6-8-19(9-7-17)26-12-4-11-25(2)3/h5-10,15,22H,4,11-14H2,1-3H3,(H,23,24). The van der Waals surface area contributed by atoms with Crippen LogP contribution < -0.4 is 10.1 Å². The van der Waals surface area contributed by atoms with E-state index < -0.39 is 0 Å². The Hall–Kier alpha value is -2.57. The molecule has 2 aromatic heterocycles. The minimum atomic E-state index is 0.717. The molecule has 0 amide bonds. The van der Waals surface area contributed by atoms with Gasteiger partial charge in [0.2, 0.25) is 0 Å². The minimum absolute atomic E-state index is 0.717. The maximum atomic E-state index is 5.77. The van der Waals surface area contributed by atoms with Crippen LogP contribution in [0.2, 0.25) is 0 Å². The first-order valence-electron chi connectivity index (χ1n) is 9.28. The van der Waals surface area contributed by atoms with Crippen LogP contribution in [0, 0.1) is 6.92 Å². The third kappa shape index (κ3) is 5.70. The molecule has 0 fully saturated rings. The second-order valence-electron chi connectivity index (χ2n) is 6.93. The average Bonchev–Trinajstić information content (AvgIpc) is 3.28. The summed E-state index contributed by atoms with van der Waals surface area (Å²) in [6, 6.07) is 12.2. The number of hydrogen-bond donors (Lipinski definition) is 2. The fourth-order valence-corrected chi connectivity index (χ4v) is 2.84. The lowest BCUT2D eigenvalue weighted by atomic mass is 10.2. The third-order valence-electron chi connectivity index (χ3n) is 4.29. The second kappa shape index (κ2) is 9.39. The van der Waals surface area contributed by atoms with Crippen molar-refractivity contribution in [3.05, 3.63) is 59.5 Å². The summed E-state index contributed by atoms with van der Waals surface area (Å²) in [5.74, 6) is 2.63. The number of benzene rings is 1. The number of aromatic nitrogens is 2. The molecular formula is C21H28N4O2. The van der Waals surface area contributed by atoms with Gasteiger partial charge in [0.15, 0.2) is 5.76 Å². The maximum Gasteiger partial charge on any atom is 0.152 e. The summed E-state index contributed by atoms with van der Waals surface area (Å²) in [6.07, 6.45) is 2.86. The van der Waals surface area contributed by atoms with Gasteiger partial charge in [0.25, 0.3) is 0 Å². The molecule has 27 heavy (non-hydrogen) atoms. The first kappa shape index (κ1) is 19.2. The maximum absolute atomic E-state index is 5.77. The predicted molar refractivity (Wildman–Crippen MR) is 107 cm³/mol. The van der Waals surface area contributed by atoms with Gasteiger partial charge in [0.1, 0.15) is 17.2 Å². The summed E-state index contributed by atoms with van der Waals surface area (Å²) in [5.41, 5.74) is 3.23. The van der Waals surface area contributed by atoms with Crippen molar-refractivity contribution in [3.63, 3.8) is 0 Å². The number of H-pyrrole nitrogens is 1. The van der Waals surface area contributed by atoms with E-state index in [4.69, 9.17) is 9.15 Å². The van der Waals surface area contributed by atoms with E-state index in [1.807, 2.05) is 37.4 Å². The molecule has 3 aromatic rings. The fourth-order valence-electron chi connectivity index (χ4n) is 2.84. The van der Waals surface area contributed by atoms with Crippen molar-refractivity contribution < 1.29 is 9.15 Å². The van der Waals surface area contributed by atoms with Gasteiger partial charge in [-0.1, -0.05) is 12.1 Å². The van der Waals surface area contributed by atoms with E-state index in [1.165, 1.54) is 5.56 Å². The lowest BCUT2D eigenvalue weighted by Crippen LogP contribution is -2.15. The highest BCUT2D eigenvalue weighted by atomic mass is 16.5. The van der Waals surface area contributed by atoms with Gasteiger partial charge < -0.3 is 19.4 Å². The number of ether oxygens (including phenoxy) is 1. The van der Waals surface area contributed by atoms with Crippen molar-refractivity contribution >= 4 is 0 Å². The van der Waals surface area contributed by atoms with E-state index in [1.54, 1.807) is 0 Å². The molecule has 1 aromatic carbocycles. The largest absolute Gasteiger partial charge is 0.494 e. The molecule has 0 atom stereocenters. The molecule has 0 saturated carbocycles. The van der Waals surface area contributed by atoms with Crippen LogP contribution >= 0.6 is 0 Å². The summed E-state index contributed by atoms with van der Waals surface area (Å²) >= 11 is 0. The first-order chi connectivity index (χ1) is 13.1. The summed E-state index contributed by atoms with van der Waals surface area (Å²) in [5, 5.41) is 10.6. The van der Waals surface area contributed by atoms with Gasteiger partial charge in [-0.05, 0) is 57.3 Å². The number of nitrogens with zero attached hydrogens (tertiary/aromatic N) is 2. The topological polar surface area (TPSA) is 66.3 Å². The van der Waals surface area contributed by atoms with Gasteiger partial charge in [0.05, 0.1) is 12.8 Å². The van der Waals surface area contributed by atoms with E-state index in [9.17, 15) is 0 Å². The summed E-state index contributed by atoms with van der Waals surface area (Å²) in [7, 11) is 4.15. The Morgan fingerprint density at radius 1 is 1.11 bits per heavy atom. The number of rotatable bonds is 10. The molecule has 3 rings (SSSR count). The van der Waals surface area contributed by atoms with Crippen LogP contribution in [0.15, 0.2) is 47.0 Å².